The van der Waals surface area contributed by atoms with Crippen molar-refractivity contribution in [1.29, 1.82) is 0 Å². The van der Waals surface area contributed by atoms with E-state index in [1.54, 1.807) is 11.3 Å². The van der Waals surface area contributed by atoms with E-state index in [1.807, 2.05) is 11.8 Å². The molecule has 0 unspecified atom stereocenters. The largest absolute Gasteiger partial charge is 0.359 e. The molecule has 1 aliphatic heterocycles. The van der Waals surface area contributed by atoms with Crippen molar-refractivity contribution in [2.24, 2.45) is 4.99 Å². The van der Waals surface area contributed by atoms with Gasteiger partial charge in [0.2, 0.25) is 0 Å². The zero-order chi connectivity index (χ0) is 11.7. The Balaban J connectivity index is 1.62. The van der Waals surface area contributed by atoms with Crippen LogP contribution in [0.25, 0.3) is 0 Å². The van der Waals surface area contributed by atoms with Gasteiger partial charge in [-0.1, -0.05) is 24.6 Å². The highest BCUT2D eigenvalue weighted by atomic mass is 79.9. The second-order valence-corrected chi connectivity index (χ2v) is 7.63. The fourth-order valence-electron chi connectivity index (χ4n) is 2.50. The molecule has 0 radical (unpaired) electrons. The van der Waals surface area contributed by atoms with Gasteiger partial charge in [0.15, 0.2) is 5.17 Å². The minimum atomic E-state index is 0.388. The van der Waals surface area contributed by atoms with E-state index >= 15 is 0 Å². The van der Waals surface area contributed by atoms with Crippen LogP contribution in [0.15, 0.2) is 20.9 Å². The number of halogens is 1. The van der Waals surface area contributed by atoms with Gasteiger partial charge in [0.25, 0.3) is 0 Å². The summed E-state index contributed by atoms with van der Waals surface area (Å²) in [4.78, 5) is 6.00. The maximum atomic E-state index is 4.68. The van der Waals surface area contributed by atoms with Crippen molar-refractivity contribution < 1.29 is 0 Å². The molecule has 1 N–H and O–H groups in total. The summed E-state index contributed by atoms with van der Waals surface area (Å²) in [6.07, 6.45) is 5.39. The van der Waals surface area contributed by atoms with Crippen molar-refractivity contribution in [2.45, 2.75) is 37.8 Å². The van der Waals surface area contributed by atoms with Crippen LogP contribution in [-0.4, -0.2) is 16.5 Å². The van der Waals surface area contributed by atoms with Gasteiger partial charge in [-0.05, 0) is 34.8 Å². The Hall–Kier alpha value is -0.000000000000000111. The monoisotopic (exact) mass is 330 g/mol. The lowest BCUT2D eigenvalue weighted by Crippen LogP contribution is -2.40. The van der Waals surface area contributed by atoms with Crippen molar-refractivity contribution in [3.63, 3.8) is 0 Å². The predicted octanol–water partition coefficient (Wildman–Crippen LogP) is 4.02. The second-order valence-electron chi connectivity index (χ2n) is 4.75. The molecule has 1 saturated carbocycles. The lowest BCUT2D eigenvalue weighted by Gasteiger charge is -2.21. The summed E-state index contributed by atoms with van der Waals surface area (Å²) in [7, 11) is 0. The average Bonchev–Trinajstić information content (AvgIpc) is 3.01. The summed E-state index contributed by atoms with van der Waals surface area (Å²) in [6, 6.07) is 2.15. The quantitative estimate of drug-likeness (QED) is 0.885. The number of thioether (sulfide) groups is 1. The number of nitrogens with zero attached hydrogens (tertiary/aromatic N) is 1. The molecule has 2 aliphatic rings. The van der Waals surface area contributed by atoms with Crippen molar-refractivity contribution >= 4 is 44.2 Å². The molecule has 2 nitrogen and oxygen atoms in total. The average molecular weight is 331 g/mol. The van der Waals surface area contributed by atoms with Gasteiger partial charge < -0.3 is 5.32 Å². The summed E-state index contributed by atoms with van der Waals surface area (Å²) in [5, 5.41) is 6.91. The normalized spacial score (nSPS) is 24.6. The van der Waals surface area contributed by atoms with Crippen LogP contribution in [0.4, 0.5) is 0 Å². The first-order valence-electron chi connectivity index (χ1n) is 5.94. The molecule has 1 spiro atoms. The van der Waals surface area contributed by atoms with Crippen LogP contribution in [0.5, 0.6) is 0 Å². The Kier molecular flexibility index (Phi) is 3.50. The molecule has 1 aromatic rings. The molecule has 0 atom stereocenters. The minimum Gasteiger partial charge on any atom is -0.359 e. The van der Waals surface area contributed by atoms with E-state index in [1.165, 1.54) is 36.3 Å². The first-order valence-corrected chi connectivity index (χ1v) is 8.60. The molecule has 1 saturated heterocycles. The standard InChI is InChI=1S/C12H15BrN2S2/c13-9-5-10(16-7-9)6-14-11-15-12(8-17-11)3-1-2-4-12/h5,7H,1-4,6,8H2,(H,14,15). The summed E-state index contributed by atoms with van der Waals surface area (Å²) in [5.41, 5.74) is 0.388. The summed E-state index contributed by atoms with van der Waals surface area (Å²) >= 11 is 7.14. The van der Waals surface area contributed by atoms with E-state index in [0.29, 0.717) is 5.54 Å². The number of aliphatic imine (C=N–C) groups is 1. The molecule has 1 aromatic heterocycles. The van der Waals surface area contributed by atoms with E-state index in [2.05, 4.69) is 37.7 Å². The smallest absolute Gasteiger partial charge is 0.157 e. The van der Waals surface area contributed by atoms with E-state index in [4.69, 9.17) is 0 Å². The number of thiophene rings is 1. The summed E-state index contributed by atoms with van der Waals surface area (Å²) < 4.78 is 1.16. The third-order valence-electron chi connectivity index (χ3n) is 3.42. The number of rotatable bonds is 2. The van der Waals surface area contributed by atoms with Crippen LogP contribution in [0.3, 0.4) is 0 Å². The number of amidine groups is 1. The Morgan fingerprint density at radius 1 is 1.41 bits per heavy atom. The summed E-state index contributed by atoms with van der Waals surface area (Å²) in [5.74, 6) is 1.21. The van der Waals surface area contributed by atoms with E-state index in [0.717, 1.165) is 16.2 Å². The molecular formula is C12H15BrN2S2. The van der Waals surface area contributed by atoms with Crippen LogP contribution in [0, 0.1) is 0 Å². The Bertz CT molecular complexity index is 435. The van der Waals surface area contributed by atoms with Gasteiger partial charge in [0.1, 0.15) is 0 Å². The molecule has 0 bridgehead atoms. The molecule has 3 rings (SSSR count). The van der Waals surface area contributed by atoms with Crippen LogP contribution in [-0.2, 0) is 6.54 Å². The molecule has 1 aliphatic carbocycles. The first kappa shape index (κ1) is 12.1. The van der Waals surface area contributed by atoms with Gasteiger partial charge in [-0.25, -0.2) is 0 Å². The Labute approximate surface area is 118 Å². The topological polar surface area (TPSA) is 24.4 Å². The zero-order valence-electron chi connectivity index (χ0n) is 9.54. The third-order valence-corrected chi connectivity index (χ3v) is 6.30. The van der Waals surface area contributed by atoms with Crippen molar-refractivity contribution in [1.82, 2.24) is 5.32 Å². The predicted molar refractivity (Wildman–Crippen MR) is 80.0 cm³/mol. The molecule has 0 amide bonds. The van der Waals surface area contributed by atoms with Crippen LogP contribution in [0.1, 0.15) is 30.6 Å². The van der Waals surface area contributed by atoms with Gasteiger partial charge in [-0.3, -0.25) is 4.99 Å². The molecular weight excluding hydrogens is 316 g/mol. The first-order chi connectivity index (χ1) is 8.26. The van der Waals surface area contributed by atoms with Gasteiger partial charge >= 0.3 is 0 Å². The maximum Gasteiger partial charge on any atom is 0.157 e. The summed E-state index contributed by atoms with van der Waals surface area (Å²) in [6.45, 7) is 0.807. The second kappa shape index (κ2) is 4.94. The van der Waals surface area contributed by atoms with Crippen LogP contribution < -0.4 is 5.32 Å². The molecule has 2 fully saturated rings. The fourth-order valence-corrected chi connectivity index (χ4v) is 5.09. The van der Waals surface area contributed by atoms with Gasteiger partial charge in [0.05, 0.1) is 6.54 Å². The minimum absolute atomic E-state index is 0.388. The maximum absolute atomic E-state index is 4.68. The van der Waals surface area contributed by atoms with Crippen molar-refractivity contribution in [3.8, 4) is 0 Å². The lowest BCUT2D eigenvalue weighted by atomic mass is 10.0. The van der Waals surface area contributed by atoms with Crippen molar-refractivity contribution in [2.75, 3.05) is 5.75 Å². The lowest BCUT2D eigenvalue weighted by molar-refractivity contribution is 0.452. The Morgan fingerprint density at radius 3 is 2.94 bits per heavy atom. The van der Waals surface area contributed by atoms with Crippen LogP contribution in [0.2, 0.25) is 0 Å². The van der Waals surface area contributed by atoms with E-state index in [-0.39, 0.29) is 0 Å². The molecule has 5 heteroatoms. The third kappa shape index (κ3) is 2.71. The van der Waals surface area contributed by atoms with Crippen LogP contribution >= 0.6 is 39.0 Å². The zero-order valence-corrected chi connectivity index (χ0v) is 12.8. The SMILES string of the molecule is Brc1csc(CN=C2NC3(CCCC3)CS2)c1. The van der Waals surface area contributed by atoms with E-state index in [9.17, 15) is 0 Å². The molecule has 92 valence electrons. The molecule has 17 heavy (non-hydrogen) atoms. The van der Waals surface area contributed by atoms with E-state index < -0.39 is 0 Å². The molecule has 2 heterocycles. The highest BCUT2D eigenvalue weighted by molar-refractivity contribution is 9.10. The number of hydrogen-bond donors (Lipinski definition) is 1. The van der Waals surface area contributed by atoms with Gasteiger partial charge in [0, 0.05) is 26.0 Å². The highest BCUT2D eigenvalue weighted by Crippen LogP contribution is 2.37. The van der Waals surface area contributed by atoms with Gasteiger partial charge in [-0.2, -0.15) is 0 Å². The van der Waals surface area contributed by atoms with Crippen molar-refractivity contribution in [3.05, 3.63) is 20.8 Å². The number of hydrogen-bond acceptors (Lipinski definition) is 3. The van der Waals surface area contributed by atoms with Gasteiger partial charge in [-0.15, -0.1) is 11.3 Å². The number of nitrogens with one attached hydrogen (secondary N) is 1. The molecule has 0 aromatic carbocycles. The Morgan fingerprint density at radius 2 is 2.24 bits per heavy atom. The fraction of sp³-hybridized carbons (Fsp3) is 0.583. The highest BCUT2D eigenvalue weighted by Gasteiger charge is 2.39.